The van der Waals surface area contributed by atoms with E-state index >= 15 is 0 Å². The molecule has 0 saturated heterocycles. The van der Waals surface area contributed by atoms with Crippen LogP contribution in [0.15, 0.2) is 0 Å². The van der Waals surface area contributed by atoms with Crippen molar-refractivity contribution in [3.8, 4) is 6.07 Å². The van der Waals surface area contributed by atoms with Crippen LogP contribution in [0.5, 0.6) is 0 Å². The summed E-state index contributed by atoms with van der Waals surface area (Å²) in [4.78, 5) is 2.51. The molecule has 0 radical (unpaired) electrons. The Kier molecular flexibility index (Phi) is 6.48. The maximum atomic E-state index is 9.64. The van der Waals surface area contributed by atoms with E-state index in [1.807, 2.05) is 0 Å². The maximum Gasteiger partial charge on any atom is 0.108 e. The Morgan fingerprint density at radius 1 is 1.30 bits per heavy atom. The molecule has 3 heteroatoms. The number of nitrogens with zero attached hydrogens (tertiary/aromatic N) is 2. The van der Waals surface area contributed by atoms with E-state index in [9.17, 15) is 5.26 Å². The Morgan fingerprint density at radius 2 is 1.95 bits per heavy atom. The van der Waals surface area contributed by atoms with Gasteiger partial charge in [-0.05, 0) is 65.8 Å². The molecule has 1 rings (SSSR count). The van der Waals surface area contributed by atoms with Crippen LogP contribution in [0.4, 0.5) is 0 Å². The summed E-state index contributed by atoms with van der Waals surface area (Å²) in [6.07, 6.45) is 5.55. The third kappa shape index (κ3) is 4.75. The summed E-state index contributed by atoms with van der Waals surface area (Å²) < 4.78 is 0. The van der Waals surface area contributed by atoms with Crippen LogP contribution < -0.4 is 5.32 Å². The maximum absolute atomic E-state index is 9.64. The van der Waals surface area contributed by atoms with Gasteiger partial charge in [-0.3, -0.25) is 5.32 Å². The van der Waals surface area contributed by atoms with Gasteiger partial charge in [0.2, 0.25) is 0 Å². The van der Waals surface area contributed by atoms with Crippen LogP contribution in [0.25, 0.3) is 0 Å². The number of nitrogens with one attached hydrogen (secondary N) is 1. The number of hydrogen-bond donors (Lipinski definition) is 1. The lowest BCUT2D eigenvalue weighted by Crippen LogP contribution is -2.55. The molecule has 0 aromatic heterocycles. The Balaban J connectivity index is 2.70. The third-order valence-corrected chi connectivity index (χ3v) is 4.59. The van der Waals surface area contributed by atoms with Crippen molar-refractivity contribution in [2.24, 2.45) is 5.92 Å². The highest BCUT2D eigenvalue weighted by Crippen LogP contribution is 2.32. The first-order valence-corrected chi connectivity index (χ1v) is 8.20. The van der Waals surface area contributed by atoms with E-state index in [0.29, 0.717) is 18.1 Å². The number of nitriles is 1. The van der Waals surface area contributed by atoms with Gasteiger partial charge in [0.05, 0.1) is 6.07 Å². The van der Waals surface area contributed by atoms with Gasteiger partial charge in [0, 0.05) is 18.1 Å². The Labute approximate surface area is 125 Å². The minimum atomic E-state index is -0.317. The lowest BCUT2D eigenvalue weighted by atomic mass is 9.78. The zero-order valence-corrected chi connectivity index (χ0v) is 14.2. The van der Waals surface area contributed by atoms with E-state index < -0.39 is 0 Å². The number of rotatable bonds is 6. The smallest absolute Gasteiger partial charge is 0.108 e. The predicted molar refractivity (Wildman–Crippen MR) is 85.6 cm³/mol. The normalized spacial score (nSPS) is 28.9. The SMILES string of the molecule is CC(C)CC(C)N(C)C1CCCC(C#N)(NC(C)C)C1. The van der Waals surface area contributed by atoms with Gasteiger partial charge in [0.1, 0.15) is 5.54 Å². The second-order valence-corrected chi connectivity index (χ2v) is 7.39. The van der Waals surface area contributed by atoms with Gasteiger partial charge < -0.3 is 4.90 Å². The quantitative estimate of drug-likeness (QED) is 0.808. The first-order valence-electron chi connectivity index (χ1n) is 8.20. The minimum Gasteiger partial charge on any atom is -0.301 e. The molecule has 3 atom stereocenters. The molecule has 0 bridgehead atoms. The van der Waals surface area contributed by atoms with E-state index in [2.05, 4.69) is 58.0 Å². The van der Waals surface area contributed by atoms with E-state index in [1.54, 1.807) is 0 Å². The summed E-state index contributed by atoms with van der Waals surface area (Å²) >= 11 is 0. The summed E-state index contributed by atoms with van der Waals surface area (Å²) in [5, 5.41) is 13.2. The van der Waals surface area contributed by atoms with Crippen molar-refractivity contribution in [2.45, 2.75) is 90.4 Å². The second-order valence-electron chi connectivity index (χ2n) is 7.39. The molecule has 0 aromatic carbocycles. The molecule has 116 valence electrons. The highest BCUT2D eigenvalue weighted by atomic mass is 15.2. The van der Waals surface area contributed by atoms with Crippen molar-refractivity contribution in [1.29, 1.82) is 5.26 Å². The fraction of sp³-hybridized carbons (Fsp3) is 0.941. The molecule has 1 aliphatic carbocycles. The average molecular weight is 279 g/mol. The van der Waals surface area contributed by atoms with Gasteiger partial charge >= 0.3 is 0 Å². The Hall–Kier alpha value is -0.590. The van der Waals surface area contributed by atoms with Crippen LogP contribution in [0.3, 0.4) is 0 Å². The molecule has 0 aromatic rings. The Bertz CT molecular complexity index is 332. The van der Waals surface area contributed by atoms with Crippen molar-refractivity contribution >= 4 is 0 Å². The molecule has 0 heterocycles. The van der Waals surface area contributed by atoms with Crippen LogP contribution >= 0.6 is 0 Å². The largest absolute Gasteiger partial charge is 0.301 e. The monoisotopic (exact) mass is 279 g/mol. The van der Waals surface area contributed by atoms with Crippen molar-refractivity contribution < 1.29 is 0 Å². The molecule has 20 heavy (non-hydrogen) atoms. The first kappa shape index (κ1) is 17.5. The third-order valence-electron chi connectivity index (χ3n) is 4.59. The fourth-order valence-electron chi connectivity index (χ4n) is 3.62. The molecule has 0 aliphatic heterocycles. The predicted octanol–water partition coefficient (Wildman–Crippen LogP) is 3.56. The standard InChI is InChI=1S/C17H33N3/c1-13(2)10-15(5)20(6)16-8-7-9-17(11-16,12-18)19-14(3)4/h13-16,19H,7-11H2,1-6H3. The summed E-state index contributed by atoms with van der Waals surface area (Å²) in [5.41, 5.74) is -0.317. The lowest BCUT2D eigenvalue weighted by Gasteiger charge is -2.43. The fourth-order valence-corrected chi connectivity index (χ4v) is 3.62. The summed E-state index contributed by atoms with van der Waals surface area (Å²) in [6.45, 7) is 11.1. The molecule has 1 N–H and O–H groups in total. The van der Waals surface area contributed by atoms with E-state index in [0.717, 1.165) is 25.2 Å². The second kappa shape index (κ2) is 7.43. The molecular weight excluding hydrogens is 246 g/mol. The van der Waals surface area contributed by atoms with E-state index in [4.69, 9.17) is 0 Å². The first-order chi connectivity index (χ1) is 9.29. The van der Waals surface area contributed by atoms with Gasteiger partial charge in [-0.15, -0.1) is 0 Å². The summed E-state index contributed by atoms with van der Waals surface area (Å²) in [6, 6.07) is 4.07. The molecule has 3 nitrogen and oxygen atoms in total. The van der Waals surface area contributed by atoms with Crippen LogP contribution in [0.1, 0.15) is 66.7 Å². The number of hydrogen-bond acceptors (Lipinski definition) is 3. The van der Waals surface area contributed by atoms with E-state index in [1.165, 1.54) is 12.8 Å². The highest BCUT2D eigenvalue weighted by molar-refractivity contribution is 5.11. The van der Waals surface area contributed by atoms with Crippen molar-refractivity contribution in [1.82, 2.24) is 10.2 Å². The van der Waals surface area contributed by atoms with Gasteiger partial charge in [-0.2, -0.15) is 5.26 Å². The summed E-state index contributed by atoms with van der Waals surface area (Å²) in [7, 11) is 2.24. The van der Waals surface area contributed by atoms with Crippen LogP contribution in [-0.4, -0.2) is 35.6 Å². The van der Waals surface area contributed by atoms with Gasteiger partial charge in [-0.25, -0.2) is 0 Å². The molecule has 0 spiro atoms. The Morgan fingerprint density at radius 3 is 2.45 bits per heavy atom. The average Bonchev–Trinajstić information content (AvgIpc) is 2.36. The van der Waals surface area contributed by atoms with Gasteiger partial charge in [-0.1, -0.05) is 13.8 Å². The van der Waals surface area contributed by atoms with Crippen molar-refractivity contribution in [2.75, 3.05) is 7.05 Å². The van der Waals surface area contributed by atoms with Crippen LogP contribution in [-0.2, 0) is 0 Å². The van der Waals surface area contributed by atoms with E-state index in [-0.39, 0.29) is 5.54 Å². The zero-order valence-electron chi connectivity index (χ0n) is 14.2. The molecule has 3 unspecified atom stereocenters. The van der Waals surface area contributed by atoms with Gasteiger partial charge in [0.15, 0.2) is 0 Å². The summed E-state index contributed by atoms with van der Waals surface area (Å²) in [5.74, 6) is 0.727. The van der Waals surface area contributed by atoms with Crippen molar-refractivity contribution in [3.63, 3.8) is 0 Å². The minimum absolute atomic E-state index is 0.317. The van der Waals surface area contributed by atoms with Crippen LogP contribution in [0.2, 0.25) is 0 Å². The van der Waals surface area contributed by atoms with Gasteiger partial charge in [0.25, 0.3) is 0 Å². The lowest BCUT2D eigenvalue weighted by molar-refractivity contribution is 0.0997. The molecular formula is C17H33N3. The molecule has 1 aliphatic rings. The molecule has 0 amide bonds. The highest BCUT2D eigenvalue weighted by Gasteiger charge is 2.38. The topological polar surface area (TPSA) is 39.1 Å². The van der Waals surface area contributed by atoms with Crippen molar-refractivity contribution in [3.05, 3.63) is 0 Å². The molecule has 1 saturated carbocycles. The zero-order chi connectivity index (χ0) is 15.3. The molecule has 1 fully saturated rings. The van der Waals surface area contributed by atoms with Crippen LogP contribution in [0, 0.1) is 17.2 Å².